The Balaban J connectivity index is 1.96. The average molecular weight is 328 g/mol. The molecule has 0 bridgehead atoms. The van der Waals surface area contributed by atoms with Crippen molar-refractivity contribution in [1.29, 1.82) is 0 Å². The van der Waals surface area contributed by atoms with Crippen LogP contribution in [0.4, 0.5) is 13.2 Å². The van der Waals surface area contributed by atoms with E-state index in [-0.39, 0.29) is 18.5 Å². The van der Waals surface area contributed by atoms with E-state index >= 15 is 0 Å². The summed E-state index contributed by atoms with van der Waals surface area (Å²) in [6, 6.07) is 5.46. The molecule has 1 aliphatic rings. The monoisotopic (exact) mass is 328 g/mol. The zero-order valence-corrected chi connectivity index (χ0v) is 13.7. The Morgan fingerprint density at radius 2 is 1.91 bits per heavy atom. The number of carbonyl (C=O) groups excluding carboxylic acids is 1. The number of carbonyl (C=O) groups is 1. The molecular formula is C17H23F3N2O. The summed E-state index contributed by atoms with van der Waals surface area (Å²) in [5.41, 5.74) is -0.248. The molecule has 0 aromatic heterocycles. The van der Waals surface area contributed by atoms with Crippen LogP contribution >= 0.6 is 0 Å². The number of hydrogen-bond acceptors (Lipinski definition) is 2. The summed E-state index contributed by atoms with van der Waals surface area (Å²) in [5.74, 6) is -0.150. The van der Waals surface area contributed by atoms with Crippen molar-refractivity contribution in [1.82, 2.24) is 10.2 Å². The predicted octanol–water partition coefficient (Wildman–Crippen LogP) is 3.58. The largest absolute Gasteiger partial charge is 0.416 e. The van der Waals surface area contributed by atoms with Gasteiger partial charge in [0, 0.05) is 18.6 Å². The Hall–Kier alpha value is -1.56. The molecule has 0 aliphatic carbocycles. The maximum atomic E-state index is 12.7. The van der Waals surface area contributed by atoms with E-state index in [1.54, 1.807) is 6.07 Å². The quantitative estimate of drug-likeness (QED) is 0.916. The molecule has 1 aliphatic heterocycles. The van der Waals surface area contributed by atoms with Crippen molar-refractivity contribution in [3.8, 4) is 0 Å². The van der Waals surface area contributed by atoms with Gasteiger partial charge in [-0.1, -0.05) is 12.1 Å². The van der Waals surface area contributed by atoms with Crippen molar-refractivity contribution in [2.45, 2.75) is 64.5 Å². The van der Waals surface area contributed by atoms with Gasteiger partial charge in [0.05, 0.1) is 11.6 Å². The molecule has 0 spiro atoms. The first-order chi connectivity index (χ1) is 10.7. The lowest BCUT2D eigenvalue weighted by molar-refractivity contribution is -0.137. The molecule has 1 N–H and O–H groups in total. The van der Waals surface area contributed by atoms with Gasteiger partial charge in [-0.3, -0.25) is 9.69 Å². The zero-order valence-electron chi connectivity index (χ0n) is 13.7. The summed E-state index contributed by atoms with van der Waals surface area (Å²) in [6.45, 7) is 6.14. The van der Waals surface area contributed by atoms with Crippen molar-refractivity contribution in [2.75, 3.05) is 0 Å². The van der Waals surface area contributed by atoms with Crippen molar-refractivity contribution in [2.24, 2.45) is 0 Å². The maximum absolute atomic E-state index is 12.7. The lowest BCUT2D eigenvalue weighted by Crippen LogP contribution is -2.48. The van der Waals surface area contributed by atoms with Crippen LogP contribution in [0.1, 0.15) is 44.7 Å². The smallest absolute Gasteiger partial charge is 0.351 e. The molecule has 3 atom stereocenters. The lowest BCUT2D eigenvalue weighted by atomic mass is 10.1. The molecular weight excluding hydrogens is 305 g/mol. The highest BCUT2D eigenvalue weighted by atomic mass is 19.4. The molecule has 0 unspecified atom stereocenters. The second-order valence-electron chi connectivity index (χ2n) is 6.31. The molecule has 3 nitrogen and oxygen atoms in total. The summed E-state index contributed by atoms with van der Waals surface area (Å²) in [6.07, 6.45) is -2.24. The Labute approximate surface area is 134 Å². The molecule has 6 heteroatoms. The Kier molecular flexibility index (Phi) is 5.34. The third-order valence-corrected chi connectivity index (χ3v) is 4.57. The number of likely N-dealkylation sites (tertiary alicyclic amines) is 1. The van der Waals surface area contributed by atoms with Gasteiger partial charge < -0.3 is 5.32 Å². The SMILES string of the molecule is C[C@@H]1CC[C@H](C)N1[C@H](C)C(=O)NCc1cccc(C(F)(F)F)c1. The van der Waals surface area contributed by atoms with Crippen molar-refractivity contribution in [3.05, 3.63) is 35.4 Å². The molecule has 1 fully saturated rings. The molecule has 1 aromatic carbocycles. The van der Waals surface area contributed by atoms with Gasteiger partial charge in [-0.2, -0.15) is 13.2 Å². The van der Waals surface area contributed by atoms with Crippen LogP contribution in [0.25, 0.3) is 0 Å². The van der Waals surface area contributed by atoms with Crippen LogP contribution in [0, 0.1) is 0 Å². The van der Waals surface area contributed by atoms with Gasteiger partial charge >= 0.3 is 6.18 Å². The first-order valence-corrected chi connectivity index (χ1v) is 7.91. The third kappa shape index (κ3) is 4.25. The van der Waals surface area contributed by atoms with Crippen molar-refractivity contribution < 1.29 is 18.0 Å². The molecule has 1 aromatic rings. The average Bonchev–Trinajstić information content (AvgIpc) is 2.82. The van der Waals surface area contributed by atoms with Crippen molar-refractivity contribution >= 4 is 5.91 Å². The minimum absolute atomic E-state index is 0.101. The first-order valence-electron chi connectivity index (χ1n) is 7.91. The fraction of sp³-hybridized carbons (Fsp3) is 0.588. The summed E-state index contributed by atoms with van der Waals surface area (Å²) in [5, 5.41) is 2.75. The van der Waals surface area contributed by atoms with E-state index in [4.69, 9.17) is 0 Å². The topological polar surface area (TPSA) is 32.3 Å². The minimum Gasteiger partial charge on any atom is -0.351 e. The second-order valence-corrected chi connectivity index (χ2v) is 6.31. The highest BCUT2D eigenvalue weighted by Crippen LogP contribution is 2.29. The van der Waals surface area contributed by atoms with Gasteiger partial charge in [0.1, 0.15) is 0 Å². The second kappa shape index (κ2) is 6.91. The van der Waals surface area contributed by atoms with E-state index in [1.165, 1.54) is 6.07 Å². The van der Waals surface area contributed by atoms with E-state index in [0.717, 1.165) is 25.0 Å². The molecule has 0 radical (unpaired) electrons. The van der Waals surface area contributed by atoms with Crippen LogP contribution in [0.2, 0.25) is 0 Å². The highest BCUT2D eigenvalue weighted by molar-refractivity contribution is 5.81. The number of benzene rings is 1. The molecule has 1 heterocycles. The lowest BCUT2D eigenvalue weighted by Gasteiger charge is -2.31. The number of nitrogens with one attached hydrogen (secondary N) is 1. The van der Waals surface area contributed by atoms with E-state index in [9.17, 15) is 18.0 Å². The van der Waals surface area contributed by atoms with Crippen LogP contribution in [0.15, 0.2) is 24.3 Å². The van der Waals surface area contributed by atoms with E-state index < -0.39 is 11.7 Å². The fourth-order valence-corrected chi connectivity index (χ4v) is 3.31. The molecule has 128 valence electrons. The van der Waals surface area contributed by atoms with Gasteiger partial charge in [0.15, 0.2) is 0 Å². The normalized spacial score (nSPS) is 23.7. The van der Waals surface area contributed by atoms with Gasteiger partial charge in [-0.05, 0) is 51.3 Å². The standard InChI is InChI=1S/C17H23F3N2O/c1-11-7-8-12(2)22(11)13(3)16(23)21-10-14-5-4-6-15(9-14)17(18,19)20/h4-6,9,11-13H,7-8,10H2,1-3H3,(H,21,23)/t11-,12+,13-/m1/s1. The van der Waals surface area contributed by atoms with Crippen LogP contribution in [-0.2, 0) is 17.5 Å². The number of hydrogen-bond donors (Lipinski definition) is 1. The molecule has 2 rings (SSSR count). The number of halogens is 3. The van der Waals surface area contributed by atoms with E-state index in [2.05, 4.69) is 24.1 Å². The Bertz CT molecular complexity index is 549. The van der Waals surface area contributed by atoms with Gasteiger partial charge in [-0.25, -0.2) is 0 Å². The minimum atomic E-state index is -4.37. The number of rotatable bonds is 4. The summed E-state index contributed by atoms with van der Waals surface area (Å²) < 4.78 is 38.1. The highest BCUT2D eigenvalue weighted by Gasteiger charge is 2.34. The van der Waals surface area contributed by atoms with Gasteiger partial charge in [0.2, 0.25) is 5.91 Å². The molecule has 1 amide bonds. The van der Waals surface area contributed by atoms with Crippen LogP contribution in [0.3, 0.4) is 0 Å². The van der Waals surface area contributed by atoms with Crippen LogP contribution < -0.4 is 5.32 Å². The predicted molar refractivity (Wildman–Crippen MR) is 82.7 cm³/mol. The fourth-order valence-electron chi connectivity index (χ4n) is 3.31. The maximum Gasteiger partial charge on any atom is 0.416 e. The number of alkyl halides is 3. The van der Waals surface area contributed by atoms with E-state index in [1.807, 2.05) is 6.92 Å². The van der Waals surface area contributed by atoms with Crippen molar-refractivity contribution in [3.63, 3.8) is 0 Å². The first kappa shape index (κ1) is 17.8. The molecule has 23 heavy (non-hydrogen) atoms. The summed E-state index contributed by atoms with van der Waals surface area (Å²) in [7, 11) is 0. The Morgan fingerprint density at radius 3 is 2.48 bits per heavy atom. The van der Waals surface area contributed by atoms with E-state index in [0.29, 0.717) is 17.6 Å². The number of nitrogens with zero attached hydrogens (tertiary/aromatic N) is 1. The third-order valence-electron chi connectivity index (χ3n) is 4.57. The zero-order chi connectivity index (χ0) is 17.2. The molecule has 0 saturated carbocycles. The number of amides is 1. The summed E-state index contributed by atoms with van der Waals surface area (Å²) >= 11 is 0. The van der Waals surface area contributed by atoms with Crippen LogP contribution in [0.5, 0.6) is 0 Å². The van der Waals surface area contributed by atoms with Gasteiger partial charge in [-0.15, -0.1) is 0 Å². The van der Waals surface area contributed by atoms with Gasteiger partial charge in [0.25, 0.3) is 0 Å². The molecule has 1 saturated heterocycles. The van der Waals surface area contributed by atoms with Crippen LogP contribution in [-0.4, -0.2) is 28.9 Å². The Morgan fingerprint density at radius 1 is 1.30 bits per heavy atom. The summed E-state index contributed by atoms with van der Waals surface area (Å²) in [4.78, 5) is 14.5.